The van der Waals surface area contributed by atoms with Crippen molar-refractivity contribution in [2.75, 3.05) is 33.9 Å². The molecule has 3 aromatic carbocycles. The second kappa shape index (κ2) is 19.4. The van der Waals surface area contributed by atoms with Gasteiger partial charge >= 0.3 is 12.2 Å². The summed E-state index contributed by atoms with van der Waals surface area (Å²) < 4.78 is 42.1. The number of nitrogens with one attached hydrogen (secondary N) is 4. The van der Waals surface area contributed by atoms with Gasteiger partial charge in [0.25, 0.3) is 5.92 Å². The van der Waals surface area contributed by atoms with E-state index in [0.29, 0.717) is 51.7 Å². The summed E-state index contributed by atoms with van der Waals surface area (Å²) in [4.78, 5) is 69.1. The predicted molar refractivity (Wildman–Crippen MR) is 244 cm³/mol. The zero-order valence-electron chi connectivity index (χ0n) is 38.3. The number of methoxy groups -OCH3 is 2. The molecule has 0 radical (unpaired) electrons. The fourth-order valence-corrected chi connectivity index (χ4v) is 9.10. The molecule has 9 rings (SSSR count). The van der Waals surface area contributed by atoms with Crippen molar-refractivity contribution in [3.05, 3.63) is 83.6 Å². The zero-order chi connectivity index (χ0) is 46.6. The summed E-state index contributed by atoms with van der Waals surface area (Å²) in [5.41, 5.74) is 4.58. The monoisotopic (exact) mass is 894 g/mol. The van der Waals surface area contributed by atoms with Crippen LogP contribution in [0.25, 0.3) is 44.5 Å². The highest BCUT2D eigenvalue weighted by atomic mass is 19.3. The number of alkyl carbamates (subject to hydrolysis) is 2. The molecule has 346 valence electrons. The van der Waals surface area contributed by atoms with E-state index in [0.717, 1.165) is 43.2 Å². The van der Waals surface area contributed by atoms with Crippen LogP contribution in [-0.2, 0) is 31.5 Å². The van der Waals surface area contributed by atoms with Crippen LogP contribution in [0.5, 0.6) is 0 Å². The number of carbonyl (C=O) groups excluding carboxylic acids is 4. The quantitative estimate of drug-likeness (QED) is 0.101. The molecule has 1 aliphatic heterocycles. The van der Waals surface area contributed by atoms with E-state index in [9.17, 15) is 19.2 Å². The number of hydrogen-bond acceptors (Lipinski definition) is 8. The first-order valence-electron chi connectivity index (χ1n) is 22.6. The number of carbonyl (C=O) groups is 4. The maximum Gasteiger partial charge on any atom is 0.407 e. The van der Waals surface area contributed by atoms with Gasteiger partial charge in [-0.3, -0.25) is 9.59 Å². The number of imidazole rings is 2. The third-order valence-electron chi connectivity index (χ3n) is 12.4. The molecule has 0 unspecified atom stereocenters. The lowest BCUT2D eigenvalue weighted by Gasteiger charge is -2.34. The third kappa shape index (κ3) is 9.86. The Bertz CT molecular complexity index is 2550. The largest absolute Gasteiger partial charge is 0.453 e. The number of nitrogens with zero attached hydrogens (tertiary/aromatic N) is 4. The Hall–Kier alpha value is -6.32. The summed E-state index contributed by atoms with van der Waals surface area (Å²) in [5.74, 6) is -2.36. The molecule has 3 aliphatic carbocycles. The van der Waals surface area contributed by atoms with Crippen molar-refractivity contribution in [3.8, 4) is 33.5 Å². The number of H-pyrrole nitrogens is 2. The first-order chi connectivity index (χ1) is 31.2. The van der Waals surface area contributed by atoms with E-state index in [1.54, 1.807) is 35.4 Å². The number of piperidine rings is 1. The molecule has 0 spiro atoms. The summed E-state index contributed by atoms with van der Waals surface area (Å²) >= 11 is 0. The Morgan fingerprint density at radius 1 is 0.831 bits per heavy atom. The van der Waals surface area contributed by atoms with Crippen LogP contribution in [0.15, 0.2) is 60.8 Å². The number of hydrogen-bond donors (Lipinski definition) is 4. The van der Waals surface area contributed by atoms with Crippen LogP contribution >= 0.6 is 0 Å². The molecular formula is C49H60F2N8O6. The van der Waals surface area contributed by atoms with Gasteiger partial charge in [0.1, 0.15) is 24.7 Å². The molecule has 4 aliphatic rings. The van der Waals surface area contributed by atoms with Gasteiger partial charge in [0, 0.05) is 29.3 Å². The number of aromatic amines is 2. The molecule has 3 heterocycles. The first-order valence-corrected chi connectivity index (χ1v) is 22.6. The van der Waals surface area contributed by atoms with Crippen molar-refractivity contribution in [2.45, 2.75) is 104 Å². The van der Waals surface area contributed by atoms with E-state index in [-0.39, 0.29) is 66.0 Å². The van der Waals surface area contributed by atoms with Gasteiger partial charge in [0.05, 0.1) is 49.7 Å². The summed E-state index contributed by atoms with van der Waals surface area (Å²) in [6.45, 7) is 10.9. The van der Waals surface area contributed by atoms with Crippen LogP contribution in [-0.4, -0.2) is 93.6 Å². The molecule has 14 nitrogen and oxygen atoms in total. The summed E-state index contributed by atoms with van der Waals surface area (Å²) in [6.07, 6.45) is 7.43. The zero-order valence-corrected chi connectivity index (χ0v) is 38.3. The van der Waals surface area contributed by atoms with Gasteiger partial charge < -0.3 is 39.9 Å². The van der Waals surface area contributed by atoms with Gasteiger partial charge in [-0.05, 0) is 90.0 Å². The van der Waals surface area contributed by atoms with Gasteiger partial charge in [-0.25, -0.2) is 19.6 Å². The van der Waals surface area contributed by atoms with Crippen molar-refractivity contribution >= 4 is 35.0 Å². The highest BCUT2D eigenvalue weighted by molar-refractivity contribution is 5.88. The number of fused-ring (bicyclic) bond motifs is 6. The molecular weight excluding hydrogens is 835 g/mol. The van der Waals surface area contributed by atoms with E-state index >= 15 is 8.78 Å². The fourth-order valence-electron chi connectivity index (χ4n) is 9.10. The molecule has 2 saturated carbocycles. The first kappa shape index (κ1) is 46.7. The number of amides is 4. The average Bonchev–Trinajstić information content (AvgIpc) is 3.87. The van der Waals surface area contributed by atoms with E-state index in [1.165, 1.54) is 33.1 Å². The number of aromatic nitrogens is 4. The third-order valence-corrected chi connectivity index (χ3v) is 12.4. The molecule has 16 heteroatoms. The second-order valence-corrected chi connectivity index (χ2v) is 17.8. The van der Waals surface area contributed by atoms with Gasteiger partial charge in [0.2, 0.25) is 11.8 Å². The molecule has 3 fully saturated rings. The fraction of sp³-hybridized carbons (Fsp3) is 0.469. The minimum atomic E-state index is -3.28. The van der Waals surface area contributed by atoms with Gasteiger partial charge in [-0.1, -0.05) is 77.8 Å². The molecule has 4 amide bonds. The van der Waals surface area contributed by atoms with Crippen molar-refractivity contribution in [1.82, 2.24) is 40.4 Å². The number of ether oxygens (including phenoxy) is 2. The minimum Gasteiger partial charge on any atom is -0.453 e. The second-order valence-electron chi connectivity index (χ2n) is 17.8. The van der Waals surface area contributed by atoms with Crippen molar-refractivity contribution in [3.63, 3.8) is 0 Å². The summed E-state index contributed by atoms with van der Waals surface area (Å²) in [7, 11) is 2.48. The van der Waals surface area contributed by atoms with Crippen LogP contribution in [0.2, 0.25) is 0 Å². The SMILES string of the molecule is CCC.CCC.COC(=O)NCC(=O)N(Cc1ncc(-c2ccc3c(c2)C(F)(F)c2cc(-c4ccc5nc([C@@H]6[C@H]7CC[C@H](C7)N6C(=O)CNC(=O)OC)[nH]c5c4)ccc2-3)[nH]1)CC1(C)CC1. The maximum atomic E-state index is 16.4. The Morgan fingerprint density at radius 3 is 2.08 bits per heavy atom. The van der Waals surface area contributed by atoms with Crippen LogP contribution in [0, 0.1) is 11.3 Å². The Morgan fingerprint density at radius 2 is 1.43 bits per heavy atom. The Balaban J connectivity index is 0.000000997. The molecule has 1 saturated heterocycles. The number of halogens is 2. The predicted octanol–water partition coefficient (Wildman–Crippen LogP) is 9.47. The molecule has 4 N–H and O–H groups in total. The molecule has 5 aromatic rings. The van der Waals surface area contributed by atoms with Crippen LogP contribution in [0.3, 0.4) is 0 Å². The van der Waals surface area contributed by atoms with Crippen LogP contribution < -0.4 is 10.6 Å². The number of benzene rings is 3. The molecule has 65 heavy (non-hydrogen) atoms. The van der Waals surface area contributed by atoms with Crippen LogP contribution in [0.4, 0.5) is 18.4 Å². The highest BCUT2D eigenvalue weighted by Crippen LogP contribution is 2.53. The summed E-state index contributed by atoms with van der Waals surface area (Å²) in [6, 6.07) is 15.6. The van der Waals surface area contributed by atoms with Gasteiger partial charge in [-0.15, -0.1) is 0 Å². The van der Waals surface area contributed by atoms with E-state index in [2.05, 4.69) is 69.7 Å². The lowest BCUT2D eigenvalue weighted by atomic mass is 9.98. The number of likely N-dealkylation sites (tertiary alicyclic amines) is 1. The summed E-state index contributed by atoms with van der Waals surface area (Å²) in [5, 5.41) is 4.93. The van der Waals surface area contributed by atoms with Crippen molar-refractivity contribution in [1.29, 1.82) is 0 Å². The van der Waals surface area contributed by atoms with Gasteiger partial charge in [0.15, 0.2) is 0 Å². The van der Waals surface area contributed by atoms with E-state index in [1.807, 2.05) is 29.2 Å². The normalized spacial score (nSPS) is 18.9. The number of alkyl halides is 2. The number of rotatable bonds is 11. The van der Waals surface area contributed by atoms with Gasteiger partial charge in [-0.2, -0.15) is 8.78 Å². The van der Waals surface area contributed by atoms with Crippen molar-refractivity contribution in [2.24, 2.45) is 11.3 Å². The van der Waals surface area contributed by atoms with E-state index in [4.69, 9.17) is 4.98 Å². The minimum absolute atomic E-state index is 0.000371. The lowest BCUT2D eigenvalue weighted by Crippen LogP contribution is -2.45. The Labute approximate surface area is 378 Å². The standard InChI is InChI=1S/C43H44F2N8O6.2C3H8/c1-42(12-13-42)22-52(36(54)19-47-40(56)58-2)21-35-46-18-34(49-35)25-6-10-29-28-9-5-23(15-30(28)43(44,45)31(29)16-25)24-7-11-32-33(17-24)51-39(50-32)38-26-4-8-27(14-26)53(38)37(55)20-48-41(57)59-3;2*1-3-2/h5-7,9-11,15-18,26-27,38H,4,8,12-14,19-22H2,1-3H3,(H,46,49)(H,47,56)(H,48,57)(H,50,51);2*3H2,1-2H3/t26-,27+,38-;;/m0../s1. The molecule has 3 atom stereocenters. The topological polar surface area (TPSA) is 175 Å². The average molecular weight is 895 g/mol. The van der Waals surface area contributed by atoms with Crippen LogP contribution in [0.1, 0.15) is 108 Å². The van der Waals surface area contributed by atoms with E-state index < -0.39 is 18.1 Å². The molecule has 2 bridgehead atoms. The maximum absolute atomic E-state index is 16.4. The Kier molecular flexibility index (Phi) is 13.9. The lowest BCUT2D eigenvalue weighted by molar-refractivity contribution is -0.135. The highest BCUT2D eigenvalue weighted by Gasteiger charge is 2.50. The van der Waals surface area contributed by atoms with Crippen molar-refractivity contribution < 1.29 is 37.4 Å². The molecule has 2 aromatic heterocycles. The smallest absolute Gasteiger partial charge is 0.407 e.